The van der Waals surface area contributed by atoms with Crippen molar-refractivity contribution in [1.29, 1.82) is 0 Å². The molecular weight excluding hydrogens is 436 g/mol. The van der Waals surface area contributed by atoms with Crippen molar-refractivity contribution in [2.75, 3.05) is 44.2 Å². The standard InChI is InChI=1S/C26H33ClN4O2/c1-2-23-21-30(26(32)31(23)18-19-33-25-10-4-3-5-11-25)13-7-12-28-14-16-29(17-15-28)24-9-6-8-22(27)20-24/h3-6,8-11,20-21H,2,7,12-19H2,1H3. The molecule has 4 rings (SSSR count). The number of hydrogen-bond donors (Lipinski definition) is 0. The van der Waals surface area contributed by atoms with E-state index in [1.54, 1.807) is 0 Å². The molecule has 0 spiro atoms. The highest BCUT2D eigenvalue weighted by molar-refractivity contribution is 6.30. The topological polar surface area (TPSA) is 42.6 Å². The summed E-state index contributed by atoms with van der Waals surface area (Å²) in [5.74, 6) is 0.832. The largest absolute Gasteiger partial charge is 0.492 e. The zero-order chi connectivity index (χ0) is 23.0. The Morgan fingerprint density at radius 3 is 2.45 bits per heavy atom. The van der Waals surface area contributed by atoms with Gasteiger partial charge in [0.1, 0.15) is 12.4 Å². The summed E-state index contributed by atoms with van der Waals surface area (Å²) in [6, 6.07) is 17.8. The summed E-state index contributed by atoms with van der Waals surface area (Å²) in [5, 5.41) is 0.783. The van der Waals surface area contributed by atoms with Gasteiger partial charge in [-0.25, -0.2) is 4.79 Å². The van der Waals surface area contributed by atoms with E-state index in [1.807, 2.05) is 63.9 Å². The van der Waals surface area contributed by atoms with Crippen LogP contribution in [0.5, 0.6) is 5.75 Å². The van der Waals surface area contributed by atoms with E-state index in [1.165, 1.54) is 5.69 Å². The van der Waals surface area contributed by atoms with Crippen LogP contribution in [0.4, 0.5) is 5.69 Å². The van der Waals surface area contributed by atoms with E-state index < -0.39 is 0 Å². The average molecular weight is 469 g/mol. The minimum atomic E-state index is 0.0642. The highest BCUT2D eigenvalue weighted by Crippen LogP contribution is 2.20. The summed E-state index contributed by atoms with van der Waals surface area (Å²) in [4.78, 5) is 17.8. The number of halogens is 1. The van der Waals surface area contributed by atoms with Crippen molar-refractivity contribution >= 4 is 17.3 Å². The first-order chi connectivity index (χ1) is 16.1. The van der Waals surface area contributed by atoms with Gasteiger partial charge in [-0.2, -0.15) is 0 Å². The molecule has 7 heteroatoms. The fraction of sp³-hybridized carbons (Fsp3) is 0.423. The van der Waals surface area contributed by atoms with E-state index in [4.69, 9.17) is 16.3 Å². The maximum Gasteiger partial charge on any atom is 0.328 e. The van der Waals surface area contributed by atoms with Crippen molar-refractivity contribution in [2.24, 2.45) is 0 Å². The summed E-state index contributed by atoms with van der Waals surface area (Å²) in [7, 11) is 0. The first-order valence-corrected chi connectivity index (χ1v) is 12.2. The van der Waals surface area contributed by atoms with Gasteiger partial charge in [-0.05, 0) is 49.7 Å². The third-order valence-electron chi connectivity index (χ3n) is 6.24. The minimum absolute atomic E-state index is 0.0642. The molecule has 3 aromatic rings. The molecule has 1 saturated heterocycles. The van der Waals surface area contributed by atoms with Crippen LogP contribution >= 0.6 is 11.6 Å². The maximum absolute atomic E-state index is 12.9. The minimum Gasteiger partial charge on any atom is -0.492 e. The number of rotatable bonds is 10. The smallest absolute Gasteiger partial charge is 0.328 e. The van der Waals surface area contributed by atoms with Gasteiger partial charge in [0.05, 0.1) is 6.54 Å². The van der Waals surface area contributed by atoms with Crippen LogP contribution in [0.25, 0.3) is 0 Å². The third-order valence-corrected chi connectivity index (χ3v) is 6.47. The van der Waals surface area contributed by atoms with Crippen LogP contribution in [0.15, 0.2) is 65.6 Å². The van der Waals surface area contributed by atoms with Crippen molar-refractivity contribution in [1.82, 2.24) is 14.0 Å². The van der Waals surface area contributed by atoms with Crippen molar-refractivity contribution < 1.29 is 4.74 Å². The van der Waals surface area contributed by atoms with Gasteiger partial charge in [0, 0.05) is 55.3 Å². The lowest BCUT2D eigenvalue weighted by Crippen LogP contribution is -2.46. The number of aryl methyl sites for hydroxylation is 2. The number of nitrogens with zero attached hydrogens (tertiary/aromatic N) is 4. The fourth-order valence-corrected chi connectivity index (χ4v) is 4.59. The molecule has 2 heterocycles. The molecule has 1 aromatic heterocycles. The molecule has 0 amide bonds. The summed E-state index contributed by atoms with van der Waals surface area (Å²) in [6.45, 7) is 8.93. The molecule has 0 atom stereocenters. The third kappa shape index (κ3) is 6.21. The molecule has 2 aromatic carbocycles. The second-order valence-electron chi connectivity index (χ2n) is 8.43. The Balaban J connectivity index is 1.24. The number of para-hydroxylation sites is 1. The van der Waals surface area contributed by atoms with Crippen LogP contribution in [0.3, 0.4) is 0 Å². The highest BCUT2D eigenvalue weighted by atomic mass is 35.5. The van der Waals surface area contributed by atoms with E-state index in [0.29, 0.717) is 13.2 Å². The Morgan fingerprint density at radius 2 is 1.73 bits per heavy atom. The lowest BCUT2D eigenvalue weighted by Gasteiger charge is -2.36. The Kier molecular flexibility index (Phi) is 8.13. The van der Waals surface area contributed by atoms with Crippen LogP contribution < -0.4 is 15.3 Å². The summed E-state index contributed by atoms with van der Waals surface area (Å²) in [5.41, 5.74) is 2.32. The monoisotopic (exact) mass is 468 g/mol. The van der Waals surface area contributed by atoms with Gasteiger partial charge < -0.3 is 9.64 Å². The molecule has 1 aliphatic heterocycles. The van der Waals surface area contributed by atoms with Crippen LogP contribution in [0.2, 0.25) is 5.02 Å². The SMILES string of the molecule is CCc1cn(CCCN2CCN(c3cccc(Cl)c3)CC2)c(=O)n1CCOc1ccccc1. The molecule has 33 heavy (non-hydrogen) atoms. The Morgan fingerprint density at radius 1 is 0.939 bits per heavy atom. The molecule has 176 valence electrons. The van der Waals surface area contributed by atoms with Gasteiger partial charge in [0.2, 0.25) is 0 Å². The average Bonchev–Trinajstić information content (AvgIpc) is 3.15. The number of imidazole rings is 1. The molecule has 0 N–H and O–H groups in total. The van der Waals surface area contributed by atoms with Gasteiger partial charge in [0.25, 0.3) is 0 Å². The summed E-state index contributed by atoms with van der Waals surface area (Å²) >= 11 is 6.14. The molecule has 0 radical (unpaired) electrons. The van der Waals surface area contributed by atoms with E-state index in [-0.39, 0.29) is 5.69 Å². The normalized spacial score (nSPS) is 14.5. The van der Waals surface area contributed by atoms with Crippen LogP contribution in [0, 0.1) is 0 Å². The molecule has 0 unspecified atom stereocenters. The lowest BCUT2D eigenvalue weighted by atomic mass is 10.2. The predicted molar refractivity (Wildman–Crippen MR) is 135 cm³/mol. The molecular formula is C26H33ClN4O2. The molecule has 1 fully saturated rings. The molecule has 1 aliphatic rings. The number of hydrogen-bond acceptors (Lipinski definition) is 4. The quantitative estimate of drug-likeness (QED) is 0.448. The lowest BCUT2D eigenvalue weighted by molar-refractivity contribution is 0.250. The molecule has 0 bridgehead atoms. The number of anilines is 1. The first-order valence-electron chi connectivity index (χ1n) is 11.8. The Labute approximate surface area is 201 Å². The highest BCUT2D eigenvalue weighted by Gasteiger charge is 2.17. The van der Waals surface area contributed by atoms with Gasteiger partial charge >= 0.3 is 5.69 Å². The van der Waals surface area contributed by atoms with E-state index in [2.05, 4.69) is 22.8 Å². The zero-order valence-corrected chi connectivity index (χ0v) is 20.1. The second-order valence-corrected chi connectivity index (χ2v) is 8.86. The number of benzene rings is 2. The van der Waals surface area contributed by atoms with Gasteiger partial charge in [-0.3, -0.25) is 14.0 Å². The van der Waals surface area contributed by atoms with Crippen molar-refractivity contribution in [3.63, 3.8) is 0 Å². The van der Waals surface area contributed by atoms with Crippen LogP contribution in [-0.2, 0) is 19.5 Å². The van der Waals surface area contributed by atoms with Crippen LogP contribution in [-0.4, -0.2) is 53.4 Å². The van der Waals surface area contributed by atoms with Crippen molar-refractivity contribution in [3.8, 4) is 5.75 Å². The van der Waals surface area contributed by atoms with E-state index >= 15 is 0 Å². The number of piperazine rings is 1. The van der Waals surface area contributed by atoms with Gasteiger partial charge in [-0.15, -0.1) is 0 Å². The first kappa shape index (κ1) is 23.5. The fourth-order valence-electron chi connectivity index (χ4n) is 4.40. The van der Waals surface area contributed by atoms with Gasteiger partial charge in [0.15, 0.2) is 0 Å². The number of aromatic nitrogens is 2. The molecule has 0 saturated carbocycles. The number of ether oxygens (including phenoxy) is 1. The maximum atomic E-state index is 12.9. The van der Waals surface area contributed by atoms with Crippen LogP contribution in [0.1, 0.15) is 19.0 Å². The van der Waals surface area contributed by atoms with Crippen molar-refractivity contribution in [3.05, 3.63) is 82.0 Å². The predicted octanol–water partition coefficient (Wildman–Crippen LogP) is 4.16. The van der Waals surface area contributed by atoms with E-state index in [9.17, 15) is 4.79 Å². The van der Waals surface area contributed by atoms with E-state index in [0.717, 1.165) is 68.6 Å². The Bertz CT molecular complexity index is 1070. The Hall–Kier alpha value is -2.70. The molecule has 6 nitrogen and oxygen atoms in total. The summed E-state index contributed by atoms with van der Waals surface area (Å²) in [6.07, 6.45) is 3.81. The van der Waals surface area contributed by atoms with Crippen molar-refractivity contribution in [2.45, 2.75) is 32.9 Å². The summed E-state index contributed by atoms with van der Waals surface area (Å²) < 4.78 is 9.51. The molecule has 0 aliphatic carbocycles. The second kappa shape index (κ2) is 11.4. The van der Waals surface area contributed by atoms with Gasteiger partial charge in [-0.1, -0.05) is 42.8 Å². The zero-order valence-electron chi connectivity index (χ0n) is 19.3.